The highest BCUT2D eigenvalue weighted by atomic mass is 16.7. The zero-order chi connectivity index (χ0) is 13.9. The first-order valence-corrected chi connectivity index (χ1v) is 6.49. The summed E-state index contributed by atoms with van der Waals surface area (Å²) in [6.07, 6.45) is 1.50. The lowest BCUT2D eigenvalue weighted by atomic mass is 10.2. The molecule has 20 heavy (non-hydrogen) atoms. The summed E-state index contributed by atoms with van der Waals surface area (Å²) in [5, 5.41) is 0. The van der Waals surface area contributed by atoms with Gasteiger partial charge in [0, 0.05) is 13.1 Å². The predicted molar refractivity (Wildman–Crippen MR) is 71.7 cm³/mol. The van der Waals surface area contributed by atoms with Crippen LogP contribution in [0.3, 0.4) is 0 Å². The van der Waals surface area contributed by atoms with Crippen molar-refractivity contribution in [1.82, 2.24) is 4.90 Å². The molecule has 0 saturated carbocycles. The minimum absolute atomic E-state index is 0.116. The topological polar surface area (TPSA) is 51.9 Å². The molecule has 1 amide bonds. The van der Waals surface area contributed by atoms with E-state index in [2.05, 4.69) is 0 Å². The van der Waals surface area contributed by atoms with Crippen molar-refractivity contribution < 1.29 is 18.7 Å². The lowest BCUT2D eigenvalue weighted by molar-refractivity contribution is 0.0720. The van der Waals surface area contributed by atoms with Gasteiger partial charge in [-0.2, -0.15) is 0 Å². The lowest BCUT2D eigenvalue weighted by Gasteiger charge is -2.19. The van der Waals surface area contributed by atoms with Crippen LogP contribution in [0, 0.1) is 0 Å². The van der Waals surface area contributed by atoms with Gasteiger partial charge in [-0.05, 0) is 36.8 Å². The van der Waals surface area contributed by atoms with Gasteiger partial charge < -0.3 is 18.8 Å². The summed E-state index contributed by atoms with van der Waals surface area (Å²) in [4.78, 5) is 14.0. The summed E-state index contributed by atoms with van der Waals surface area (Å²) in [5.41, 5.74) is 0.996. The van der Waals surface area contributed by atoms with Gasteiger partial charge in [0.1, 0.15) is 0 Å². The Morgan fingerprint density at radius 3 is 2.85 bits per heavy atom. The molecule has 0 bridgehead atoms. The van der Waals surface area contributed by atoms with Crippen molar-refractivity contribution in [2.45, 2.75) is 13.5 Å². The predicted octanol–water partition coefficient (Wildman–Crippen LogP) is 2.67. The molecule has 5 heteroatoms. The summed E-state index contributed by atoms with van der Waals surface area (Å²) < 4.78 is 15.8. The van der Waals surface area contributed by atoms with Crippen molar-refractivity contribution in [1.29, 1.82) is 0 Å². The molecular weight excluding hydrogens is 258 g/mol. The summed E-state index contributed by atoms with van der Waals surface area (Å²) >= 11 is 0. The van der Waals surface area contributed by atoms with E-state index in [0.29, 0.717) is 18.8 Å². The highest BCUT2D eigenvalue weighted by Gasteiger charge is 2.19. The molecular formula is C15H15NO4. The molecule has 1 aromatic carbocycles. The summed E-state index contributed by atoms with van der Waals surface area (Å²) in [6.45, 7) is 3.30. The quantitative estimate of drug-likeness (QED) is 0.859. The van der Waals surface area contributed by atoms with Crippen LogP contribution in [0.15, 0.2) is 41.0 Å². The van der Waals surface area contributed by atoms with Gasteiger partial charge in [-0.25, -0.2) is 0 Å². The zero-order valence-electron chi connectivity index (χ0n) is 11.2. The number of rotatable bonds is 4. The van der Waals surface area contributed by atoms with E-state index in [1.165, 1.54) is 6.26 Å². The van der Waals surface area contributed by atoms with E-state index in [0.717, 1.165) is 17.1 Å². The molecule has 0 fully saturated rings. The van der Waals surface area contributed by atoms with Crippen molar-refractivity contribution in [3.05, 3.63) is 47.9 Å². The fraction of sp³-hybridized carbons (Fsp3) is 0.267. The molecule has 0 N–H and O–H groups in total. The molecule has 2 aromatic rings. The molecule has 2 heterocycles. The molecule has 0 saturated heterocycles. The van der Waals surface area contributed by atoms with Gasteiger partial charge in [0.15, 0.2) is 17.3 Å². The SMILES string of the molecule is CCN(Cc1ccc2c(c1)OCO2)C(=O)c1ccco1. The van der Waals surface area contributed by atoms with Gasteiger partial charge in [0.25, 0.3) is 5.91 Å². The van der Waals surface area contributed by atoms with E-state index in [4.69, 9.17) is 13.9 Å². The summed E-state index contributed by atoms with van der Waals surface area (Å²) in [5.74, 6) is 1.71. The molecule has 0 aliphatic carbocycles. The Labute approximate surface area is 116 Å². The van der Waals surface area contributed by atoms with Crippen LogP contribution in [0.2, 0.25) is 0 Å². The molecule has 1 aliphatic rings. The summed E-state index contributed by atoms with van der Waals surface area (Å²) in [7, 11) is 0. The Morgan fingerprint density at radius 1 is 1.25 bits per heavy atom. The first kappa shape index (κ1) is 12.6. The Hall–Kier alpha value is -2.43. The Kier molecular flexibility index (Phi) is 3.33. The standard InChI is InChI=1S/C15H15NO4/c1-2-16(15(17)13-4-3-7-18-13)9-11-5-6-12-14(8-11)20-10-19-12/h3-8H,2,9-10H2,1H3. The number of carbonyl (C=O) groups is 1. The minimum atomic E-state index is -0.116. The van der Waals surface area contributed by atoms with E-state index in [1.54, 1.807) is 17.0 Å². The average molecular weight is 273 g/mol. The first-order chi connectivity index (χ1) is 9.78. The molecule has 1 aliphatic heterocycles. The van der Waals surface area contributed by atoms with Crippen molar-refractivity contribution in [3.63, 3.8) is 0 Å². The molecule has 0 atom stereocenters. The highest BCUT2D eigenvalue weighted by molar-refractivity contribution is 5.91. The van der Waals surface area contributed by atoms with E-state index >= 15 is 0 Å². The molecule has 3 rings (SSSR count). The van der Waals surface area contributed by atoms with Crippen LogP contribution in [-0.2, 0) is 6.54 Å². The van der Waals surface area contributed by atoms with Crippen molar-refractivity contribution in [3.8, 4) is 11.5 Å². The number of ether oxygens (including phenoxy) is 2. The third kappa shape index (κ3) is 2.34. The number of fused-ring (bicyclic) bond motifs is 1. The van der Waals surface area contributed by atoms with Crippen LogP contribution in [0.25, 0.3) is 0 Å². The van der Waals surface area contributed by atoms with Crippen LogP contribution in [0.4, 0.5) is 0 Å². The largest absolute Gasteiger partial charge is 0.459 e. The van der Waals surface area contributed by atoms with Crippen LogP contribution in [-0.4, -0.2) is 24.1 Å². The van der Waals surface area contributed by atoms with E-state index in [1.807, 2.05) is 25.1 Å². The van der Waals surface area contributed by atoms with Gasteiger partial charge in [-0.3, -0.25) is 4.79 Å². The third-order valence-electron chi connectivity index (χ3n) is 3.21. The number of nitrogens with zero attached hydrogens (tertiary/aromatic N) is 1. The van der Waals surface area contributed by atoms with Crippen molar-refractivity contribution >= 4 is 5.91 Å². The van der Waals surface area contributed by atoms with Crippen molar-refractivity contribution in [2.24, 2.45) is 0 Å². The Bertz CT molecular complexity index is 606. The van der Waals surface area contributed by atoms with Gasteiger partial charge in [-0.1, -0.05) is 6.07 Å². The Balaban J connectivity index is 1.76. The monoisotopic (exact) mass is 273 g/mol. The lowest BCUT2D eigenvalue weighted by Crippen LogP contribution is -2.29. The number of carbonyl (C=O) groups excluding carboxylic acids is 1. The fourth-order valence-electron chi connectivity index (χ4n) is 2.14. The Morgan fingerprint density at radius 2 is 2.10 bits per heavy atom. The molecule has 0 spiro atoms. The maximum Gasteiger partial charge on any atom is 0.289 e. The van der Waals surface area contributed by atoms with Gasteiger partial charge in [0.2, 0.25) is 6.79 Å². The first-order valence-electron chi connectivity index (χ1n) is 6.49. The molecule has 5 nitrogen and oxygen atoms in total. The highest BCUT2D eigenvalue weighted by Crippen LogP contribution is 2.32. The zero-order valence-corrected chi connectivity index (χ0v) is 11.2. The van der Waals surface area contributed by atoms with E-state index in [-0.39, 0.29) is 12.7 Å². The van der Waals surface area contributed by atoms with Crippen LogP contribution < -0.4 is 9.47 Å². The number of furan rings is 1. The van der Waals surface area contributed by atoms with Gasteiger partial charge in [-0.15, -0.1) is 0 Å². The van der Waals surface area contributed by atoms with Gasteiger partial charge >= 0.3 is 0 Å². The van der Waals surface area contributed by atoms with Crippen molar-refractivity contribution in [2.75, 3.05) is 13.3 Å². The summed E-state index contributed by atoms with van der Waals surface area (Å²) in [6, 6.07) is 9.08. The maximum absolute atomic E-state index is 12.3. The van der Waals surface area contributed by atoms with Crippen LogP contribution in [0.5, 0.6) is 11.5 Å². The normalized spacial score (nSPS) is 12.4. The number of hydrogen-bond donors (Lipinski definition) is 0. The third-order valence-corrected chi connectivity index (χ3v) is 3.21. The number of benzene rings is 1. The average Bonchev–Trinajstić information content (AvgIpc) is 3.14. The van der Waals surface area contributed by atoms with Crippen LogP contribution in [0.1, 0.15) is 23.0 Å². The number of amides is 1. The molecule has 0 unspecified atom stereocenters. The molecule has 104 valence electrons. The fourth-order valence-corrected chi connectivity index (χ4v) is 2.14. The minimum Gasteiger partial charge on any atom is -0.459 e. The second-order valence-electron chi connectivity index (χ2n) is 4.48. The maximum atomic E-state index is 12.3. The smallest absolute Gasteiger partial charge is 0.289 e. The molecule has 1 aromatic heterocycles. The second kappa shape index (κ2) is 5.28. The molecule has 0 radical (unpaired) electrons. The van der Waals surface area contributed by atoms with Crippen LogP contribution >= 0.6 is 0 Å². The number of hydrogen-bond acceptors (Lipinski definition) is 4. The van der Waals surface area contributed by atoms with E-state index in [9.17, 15) is 4.79 Å². The van der Waals surface area contributed by atoms with E-state index < -0.39 is 0 Å². The van der Waals surface area contributed by atoms with Gasteiger partial charge in [0.05, 0.1) is 6.26 Å². The second-order valence-corrected chi connectivity index (χ2v) is 4.48.